The molecule has 21 nitrogen and oxygen atoms in total. The molecule has 0 spiro atoms. The number of morpholine rings is 2. The van der Waals surface area contributed by atoms with Crippen molar-refractivity contribution in [3.8, 4) is 34.6 Å². The Hall–Kier alpha value is -9.74. The molecule has 4 aromatic carbocycles. The van der Waals surface area contributed by atoms with Gasteiger partial charge in [0.05, 0.1) is 90.6 Å². The zero-order valence-corrected chi connectivity index (χ0v) is 49.5. The first kappa shape index (κ1) is 58.0. The van der Waals surface area contributed by atoms with Crippen LogP contribution in [0.25, 0.3) is 33.2 Å². The van der Waals surface area contributed by atoms with Gasteiger partial charge in [0, 0.05) is 80.4 Å². The van der Waals surface area contributed by atoms with Crippen molar-refractivity contribution in [2.24, 2.45) is 0 Å². The molecule has 440 valence electrons. The van der Waals surface area contributed by atoms with Crippen LogP contribution in [0.2, 0.25) is 25.7 Å². The maximum atomic E-state index is 14.2. The average Bonchev–Trinajstić information content (AvgIpc) is 1.86. The van der Waals surface area contributed by atoms with Crippen LogP contribution in [-0.4, -0.2) is 140 Å². The van der Waals surface area contributed by atoms with Gasteiger partial charge in [0.1, 0.15) is 29.9 Å². The number of anilines is 2. The molecule has 0 bridgehead atoms. The number of aromatic amines is 1. The van der Waals surface area contributed by atoms with E-state index in [1.165, 1.54) is 21.8 Å². The van der Waals surface area contributed by atoms with Crippen molar-refractivity contribution in [3.05, 3.63) is 191 Å². The fraction of sp³-hybridized carbons (Fsp3) is 0.250. The molecule has 12 rings (SSSR count). The first-order valence-corrected chi connectivity index (χ1v) is 32.0. The lowest BCUT2D eigenvalue weighted by atomic mass is 10.1. The molecule has 0 aliphatic carbocycles. The predicted molar refractivity (Wildman–Crippen MR) is 329 cm³/mol. The number of rotatable bonds is 17. The van der Waals surface area contributed by atoms with E-state index in [0.29, 0.717) is 116 Å². The van der Waals surface area contributed by atoms with Gasteiger partial charge in [-0.05, 0) is 104 Å². The molecular weight excluding hydrogens is 1110 g/mol. The van der Waals surface area contributed by atoms with Crippen molar-refractivity contribution in [1.82, 2.24) is 48.9 Å². The van der Waals surface area contributed by atoms with Gasteiger partial charge >= 0.3 is 0 Å². The maximum Gasteiger partial charge on any atom is 0.254 e. The summed E-state index contributed by atoms with van der Waals surface area (Å²) >= 11 is 0. The molecule has 0 atom stereocenters. The number of nitrogens with two attached hydrogens (primary N) is 2. The van der Waals surface area contributed by atoms with E-state index in [0.717, 1.165) is 39.0 Å². The predicted octanol–water partition coefficient (Wildman–Crippen LogP) is 10.1. The zero-order valence-electron chi connectivity index (χ0n) is 48.5. The molecule has 5 N–H and O–H groups in total. The minimum Gasteiger partial charge on any atom is -0.439 e. The first-order chi connectivity index (χ1) is 41.6. The fourth-order valence-electron chi connectivity index (χ4n) is 10.1. The minimum atomic E-state index is -1.32. The second-order valence-electron chi connectivity index (χ2n) is 22.2. The van der Waals surface area contributed by atoms with Gasteiger partial charge in [-0.1, -0.05) is 56.0 Å². The maximum absolute atomic E-state index is 14.2. The molecule has 2 aliphatic heterocycles. The number of amides is 2. The molecule has 2 saturated heterocycles. The van der Waals surface area contributed by atoms with E-state index in [9.17, 15) is 19.2 Å². The van der Waals surface area contributed by atoms with Crippen molar-refractivity contribution < 1.29 is 42.9 Å². The Labute approximate surface area is 497 Å². The Morgan fingerprint density at radius 1 is 0.593 bits per heavy atom. The minimum absolute atomic E-state index is 0.0519. The highest BCUT2D eigenvalue weighted by Crippen LogP contribution is 2.31. The van der Waals surface area contributed by atoms with Crippen LogP contribution in [0.15, 0.2) is 146 Å². The Balaban J connectivity index is 0.000000182. The van der Waals surface area contributed by atoms with Crippen LogP contribution in [0.5, 0.6) is 23.3 Å². The molecule has 8 heterocycles. The SMILES string of the molecule is Cc1cc(Oc2ccccc2)ncc1-n1ncc(C(=O)c2cc3cc(C(=O)N4CCOCC4)ccc3[nH]2)c1N.Cc1cc(Oc2ccccc2)ncc1-n1ncc(C(=O)c2cc3cc(C(=O)N4CCOCC4)ccc3n2COCC[Si](C)(C)C)c1N. The normalized spacial score (nSPS) is 13.6. The van der Waals surface area contributed by atoms with E-state index in [1.807, 2.05) is 91.2 Å². The number of nitrogen functional groups attached to an aromatic ring is 2. The number of carbonyl (C=O) groups excluding carboxylic acids is 4. The van der Waals surface area contributed by atoms with E-state index in [1.54, 1.807) is 70.7 Å². The number of para-hydroxylation sites is 2. The molecule has 6 aromatic heterocycles. The van der Waals surface area contributed by atoms with Gasteiger partial charge in [-0.25, -0.2) is 19.3 Å². The largest absolute Gasteiger partial charge is 0.439 e. The number of aryl methyl sites for hydroxylation is 2. The summed E-state index contributed by atoms with van der Waals surface area (Å²) < 4.78 is 33.4. The monoisotopic (exact) mass is 1170 g/mol. The highest BCUT2D eigenvalue weighted by molar-refractivity contribution is 6.76. The summed E-state index contributed by atoms with van der Waals surface area (Å²) in [7, 11) is -1.32. The molecule has 2 amide bonds. The summed E-state index contributed by atoms with van der Waals surface area (Å²) in [6, 6.07) is 37.8. The topological polar surface area (TPSA) is 255 Å². The summed E-state index contributed by atoms with van der Waals surface area (Å²) in [4.78, 5) is 69.2. The van der Waals surface area contributed by atoms with E-state index < -0.39 is 8.07 Å². The van der Waals surface area contributed by atoms with Gasteiger partial charge in [-0.15, -0.1) is 0 Å². The lowest BCUT2D eigenvalue weighted by Gasteiger charge is -2.26. The molecular formula is C64H66N12O9Si. The molecule has 0 saturated carbocycles. The molecule has 86 heavy (non-hydrogen) atoms. The number of hydrogen-bond acceptors (Lipinski definition) is 15. The second-order valence-corrected chi connectivity index (χ2v) is 27.8. The average molecular weight is 1180 g/mol. The summed E-state index contributed by atoms with van der Waals surface area (Å²) in [6.07, 6.45) is 6.17. The van der Waals surface area contributed by atoms with Crippen molar-refractivity contribution >= 4 is 64.9 Å². The molecule has 0 radical (unpaired) electrons. The van der Waals surface area contributed by atoms with Crippen LogP contribution in [0.4, 0.5) is 11.6 Å². The highest BCUT2D eigenvalue weighted by atomic mass is 28.3. The van der Waals surface area contributed by atoms with Crippen molar-refractivity contribution in [3.63, 3.8) is 0 Å². The van der Waals surface area contributed by atoms with E-state index in [4.69, 9.17) is 35.2 Å². The van der Waals surface area contributed by atoms with E-state index >= 15 is 0 Å². The number of nitrogens with zero attached hydrogens (tertiary/aromatic N) is 9. The number of ketones is 2. The van der Waals surface area contributed by atoms with Crippen molar-refractivity contribution in [1.29, 1.82) is 0 Å². The molecule has 0 unspecified atom stereocenters. The third kappa shape index (κ3) is 12.8. The Kier molecular flexibility index (Phi) is 17.0. The summed E-state index contributed by atoms with van der Waals surface area (Å²) in [5.41, 5.74) is 19.8. The van der Waals surface area contributed by atoms with Crippen LogP contribution >= 0.6 is 0 Å². The quantitative estimate of drug-likeness (QED) is 0.0435. The zero-order chi connectivity index (χ0) is 60.1. The third-order valence-electron chi connectivity index (χ3n) is 14.9. The third-order valence-corrected chi connectivity index (χ3v) is 16.6. The molecule has 2 aliphatic rings. The first-order valence-electron chi connectivity index (χ1n) is 28.3. The fourth-order valence-corrected chi connectivity index (χ4v) is 10.9. The number of hydrogen-bond donors (Lipinski definition) is 3. The van der Waals surface area contributed by atoms with Gasteiger partial charge in [0.2, 0.25) is 23.3 Å². The van der Waals surface area contributed by atoms with Gasteiger partial charge in [-0.3, -0.25) is 19.2 Å². The lowest BCUT2D eigenvalue weighted by Crippen LogP contribution is -2.40. The molecule has 10 aromatic rings. The van der Waals surface area contributed by atoms with E-state index in [-0.39, 0.29) is 52.9 Å². The van der Waals surface area contributed by atoms with E-state index in [2.05, 4.69) is 44.8 Å². The number of pyridine rings is 2. The molecule has 22 heteroatoms. The number of carbonyl (C=O) groups is 4. The number of H-pyrrole nitrogens is 1. The smallest absolute Gasteiger partial charge is 0.254 e. The highest BCUT2D eigenvalue weighted by Gasteiger charge is 2.27. The van der Waals surface area contributed by atoms with Gasteiger partial charge in [0.25, 0.3) is 11.8 Å². The lowest BCUT2D eigenvalue weighted by molar-refractivity contribution is 0.0301. The Bertz CT molecular complexity index is 4120. The van der Waals surface area contributed by atoms with Crippen LogP contribution in [0.1, 0.15) is 63.9 Å². The second kappa shape index (κ2) is 25.2. The number of benzene rings is 4. The van der Waals surface area contributed by atoms with Gasteiger partial charge in [0.15, 0.2) is 0 Å². The summed E-state index contributed by atoms with van der Waals surface area (Å²) in [5, 5.41) is 10.4. The number of nitrogens with one attached hydrogen (secondary N) is 1. The van der Waals surface area contributed by atoms with Crippen molar-refractivity contribution in [2.75, 3.05) is 70.7 Å². The summed E-state index contributed by atoms with van der Waals surface area (Å²) in [5.74, 6) is 1.91. The van der Waals surface area contributed by atoms with Gasteiger partial charge in [-0.2, -0.15) is 10.2 Å². The Morgan fingerprint density at radius 2 is 1.09 bits per heavy atom. The van der Waals surface area contributed by atoms with Crippen LogP contribution in [0, 0.1) is 13.8 Å². The van der Waals surface area contributed by atoms with Crippen LogP contribution in [-0.2, 0) is 20.9 Å². The van der Waals surface area contributed by atoms with Crippen LogP contribution in [0.3, 0.4) is 0 Å². The van der Waals surface area contributed by atoms with Crippen LogP contribution < -0.4 is 20.9 Å². The van der Waals surface area contributed by atoms with Gasteiger partial charge < -0.3 is 54.5 Å². The number of fused-ring (bicyclic) bond motifs is 2. The summed E-state index contributed by atoms with van der Waals surface area (Å²) in [6.45, 7) is 15.8. The molecule has 2 fully saturated rings. The Morgan fingerprint density at radius 3 is 1.60 bits per heavy atom. The standard InChI is InChI=1S/C35H40N6O5Si.C29H26N6O4/c1-24-18-32(46-27-8-6-5-7-9-27)37-22-31(24)41-34(36)28(21-38-41)33(42)30-20-26-19-25(35(43)39-12-14-44-15-13-39)10-11-29(26)40(30)23-45-16-17-47(2,3)4;1-18-13-26(39-21-5-3-2-4-6-21)31-17-25(18)35-28(30)22(16-32-35)27(36)24-15-20-14-19(7-8-23(20)33-24)29(37)34-9-11-38-12-10-34/h5-11,18-22H,12-17,23,36H2,1-4H3;2-8,13-17,33H,9-12,30H2,1H3. The number of ether oxygens (including phenoxy) is 5. The number of aromatic nitrogens is 8. The van der Waals surface area contributed by atoms with Crippen molar-refractivity contribution in [2.45, 2.75) is 46.3 Å².